The Bertz CT molecular complexity index is 755. The third kappa shape index (κ3) is 5.38. The van der Waals surface area contributed by atoms with E-state index in [-0.39, 0.29) is 12.2 Å². The van der Waals surface area contributed by atoms with Gasteiger partial charge in [-0.15, -0.1) is 0 Å². The SMILES string of the molecule is C=C(O)OCC(=CC)C(=O)OC1CC(C)=CCCC(C)=CC2OC(=O)C(=C)C21. The number of esters is 2. The molecule has 152 valence electrons. The number of carbonyl (C=O) groups excluding carboxylic acids is 2. The summed E-state index contributed by atoms with van der Waals surface area (Å²) in [5, 5.41) is 9.10. The molecule has 1 N–H and O–H groups in total. The predicted molar refractivity (Wildman–Crippen MR) is 105 cm³/mol. The summed E-state index contributed by atoms with van der Waals surface area (Å²) < 4.78 is 16.2. The van der Waals surface area contributed by atoms with Gasteiger partial charge in [0.05, 0.1) is 11.5 Å². The molecule has 6 heteroatoms. The Balaban J connectivity index is 2.30. The van der Waals surface area contributed by atoms with Gasteiger partial charge in [0, 0.05) is 12.0 Å². The molecule has 0 aromatic carbocycles. The second-order valence-corrected chi connectivity index (χ2v) is 7.17. The number of aliphatic hydroxyl groups is 1. The normalized spacial score (nSPS) is 25.8. The molecule has 0 amide bonds. The third-order valence-corrected chi connectivity index (χ3v) is 4.93. The van der Waals surface area contributed by atoms with Crippen LogP contribution in [0.1, 0.15) is 40.0 Å². The van der Waals surface area contributed by atoms with Crippen molar-refractivity contribution in [1.82, 2.24) is 0 Å². The van der Waals surface area contributed by atoms with Crippen LogP contribution < -0.4 is 0 Å². The van der Waals surface area contributed by atoms with Gasteiger partial charge in [-0.2, -0.15) is 0 Å². The van der Waals surface area contributed by atoms with E-state index >= 15 is 0 Å². The largest absolute Gasteiger partial charge is 0.481 e. The molecule has 0 aromatic heterocycles. The van der Waals surface area contributed by atoms with Crippen LogP contribution in [0.25, 0.3) is 0 Å². The summed E-state index contributed by atoms with van der Waals surface area (Å²) in [6.07, 6.45) is 6.70. The van der Waals surface area contributed by atoms with Gasteiger partial charge in [-0.05, 0) is 46.3 Å². The van der Waals surface area contributed by atoms with Crippen LogP contribution in [0.15, 0.2) is 59.6 Å². The van der Waals surface area contributed by atoms with Gasteiger partial charge >= 0.3 is 11.9 Å². The number of hydrogen-bond donors (Lipinski definition) is 1. The van der Waals surface area contributed by atoms with Crippen LogP contribution in [0.3, 0.4) is 0 Å². The first-order valence-corrected chi connectivity index (χ1v) is 9.32. The minimum Gasteiger partial charge on any atom is -0.481 e. The van der Waals surface area contributed by atoms with Crippen molar-refractivity contribution in [3.63, 3.8) is 0 Å². The first-order valence-electron chi connectivity index (χ1n) is 9.32. The molecule has 1 saturated heterocycles. The van der Waals surface area contributed by atoms with E-state index in [0.29, 0.717) is 12.0 Å². The van der Waals surface area contributed by atoms with E-state index in [1.807, 2.05) is 19.9 Å². The zero-order chi connectivity index (χ0) is 20.8. The fourth-order valence-corrected chi connectivity index (χ4v) is 3.37. The second-order valence-electron chi connectivity index (χ2n) is 7.17. The van der Waals surface area contributed by atoms with Crippen LogP contribution >= 0.6 is 0 Å². The van der Waals surface area contributed by atoms with Crippen molar-refractivity contribution >= 4 is 11.9 Å². The van der Waals surface area contributed by atoms with Crippen LogP contribution in [0.5, 0.6) is 0 Å². The fourth-order valence-electron chi connectivity index (χ4n) is 3.37. The maximum Gasteiger partial charge on any atom is 0.337 e. The van der Waals surface area contributed by atoms with Gasteiger partial charge in [-0.1, -0.05) is 29.9 Å². The van der Waals surface area contributed by atoms with Crippen LogP contribution in [0, 0.1) is 5.92 Å². The van der Waals surface area contributed by atoms with E-state index < -0.39 is 36.0 Å². The molecule has 3 atom stereocenters. The summed E-state index contributed by atoms with van der Waals surface area (Å²) in [5.41, 5.74) is 2.73. The maximum absolute atomic E-state index is 12.7. The summed E-state index contributed by atoms with van der Waals surface area (Å²) in [4.78, 5) is 24.8. The molecule has 2 rings (SSSR count). The molecular formula is C22H28O6. The highest BCUT2D eigenvalue weighted by molar-refractivity contribution is 5.92. The minimum atomic E-state index is -0.609. The van der Waals surface area contributed by atoms with E-state index in [1.165, 1.54) is 0 Å². The molecule has 28 heavy (non-hydrogen) atoms. The highest BCUT2D eigenvalue weighted by Gasteiger charge is 2.44. The van der Waals surface area contributed by atoms with Crippen LogP contribution in [0.2, 0.25) is 0 Å². The Hall–Kier alpha value is -2.76. The van der Waals surface area contributed by atoms with Crippen molar-refractivity contribution in [2.75, 3.05) is 6.61 Å². The van der Waals surface area contributed by atoms with Crippen molar-refractivity contribution in [3.8, 4) is 0 Å². The predicted octanol–water partition coefficient (Wildman–Crippen LogP) is 4.06. The number of aliphatic hydroxyl groups excluding tert-OH is 1. The Morgan fingerprint density at radius 3 is 2.75 bits per heavy atom. The lowest BCUT2D eigenvalue weighted by Gasteiger charge is -2.27. The van der Waals surface area contributed by atoms with Crippen LogP contribution in [-0.2, 0) is 23.8 Å². The number of allylic oxidation sites excluding steroid dienone is 3. The van der Waals surface area contributed by atoms with E-state index in [2.05, 4.69) is 19.2 Å². The minimum absolute atomic E-state index is 0.157. The number of rotatable bonds is 5. The molecule has 0 bridgehead atoms. The molecule has 1 fully saturated rings. The quantitative estimate of drug-likeness (QED) is 0.331. The van der Waals surface area contributed by atoms with Gasteiger partial charge < -0.3 is 19.3 Å². The molecule has 0 spiro atoms. The van der Waals surface area contributed by atoms with E-state index in [0.717, 1.165) is 24.0 Å². The average molecular weight is 388 g/mol. The summed E-state index contributed by atoms with van der Waals surface area (Å²) in [7, 11) is 0. The molecule has 6 nitrogen and oxygen atoms in total. The van der Waals surface area contributed by atoms with Crippen molar-refractivity contribution in [2.45, 2.75) is 52.2 Å². The first-order chi connectivity index (χ1) is 13.2. The third-order valence-electron chi connectivity index (χ3n) is 4.93. The van der Waals surface area contributed by atoms with E-state index in [9.17, 15) is 9.59 Å². The summed E-state index contributed by atoms with van der Waals surface area (Å²) in [6, 6.07) is 0. The summed E-state index contributed by atoms with van der Waals surface area (Å²) in [6.45, 7) is 12.6. The lowest BCUT2D eigenvalue weighted by molar-refractivity contribution is -0.147. The number of carbonyl (C=O) groups is 2. The van der Waals surface area contributed by atoms with E-state index in [4.69, 9.17) is 19.3 Å². The fraction of sp³-hybridized carbons (Fsp3) is 0.455. The maximum atomic E-state index is 12.7. The zero-order valence-corrected chi connectivity index (χ0v) is 16.7. The van der Waals surface area contributed by atoms with Crippen LogP contribution in [-0.4, -0.2) is 35.9 Å². The topological polar surface area (TPSA) is 82.1 Å². The van der Waals surface area contributed by atoms with Gasteiger partial charge in [-0.25, -0.2) is 9.59 Å². The molecular weight excluding hydrogens is 360 g/mol. The first kappa shape index (κ1) is 21.5. The van der Waals surface area contributed by atoms with Crippen molar-refractivity contribution in [1.29, 1.82) is 0 Å². The monoisotopic (exact) mass is 388 g/mol. The van der Waals surface area contributed by atoms with E-state index in [1.54, 1.807) is 13.0 Å². The lowest BCUT2D eigenvalue weighted by atomic mass is 9.85. The van der Waals surface area contributed by atoms with Crippen molar-refractivity contribution < 1.29 is 28.9 Å². The van der Waals surface area contributed by atoms with Crippen molar-refractivity contribution in [3.05, 3.63) is 59.6 Å². The molecule has 2 aliphatic rings. The lowest BCUT2D eigenvalue weighted by Crippen LogP contribution is -2.34. The Labute approximate surface area is 165 Å². The van der Waals surface area contributed by atoms with Crippen LogP contribution in [0.4, 0.5) is 0 Å². The Kier molecular flexibility index (Phi) is 7.26. The van der Waals surface area contributed by atoms with Gasteiger partial charge in [0.25, 0.3) is 5.95 Å². The summed E-state index contributed by atoms with van der Waals surface area (Å²) in [5.74, 6) is -1.98. The summed E-state index contributed by atoms with van der Waals surface area (Å²) >= 11 is 0. The Morgan fingerprint density at radius 2 is 2.11 bits per heavy atom. The molecule has 0 saturated carbocycles. The zero-order valence-electron chi connectivity index (χ0n) is 16.7. The molecule has 0 aromatic rings. The molecule has 1 heterocycles. The number of ether oxygens (including phenoxy) is 3. The highest BCUT2D eigenvalue weighted by atomic mass is 16.6. The molecule has 1 aliphatic carbocycles. The van der Waals surface area contributed by atoms with Gasteiger partial charge in [-0.3, -0.25) is 0 Å². The number of hydrogen-bond acceptors (Lipinski definition) is 6. The van der Waals surface area contributed by atoms with Gasteiger partial charge in [0.2, 0.25) is 0 Å². The molecule has 0 radical (unpaired) electrons. The highest BCUT2D eigenvalue weighted by Crippen LogP contribution is 2.36. The smallest absolute Gasteiger partial charge is 0.337 e. The molecule has 3 unspecified atom stereocenters. The standard InChI is InChI=1S/C22H28O6/c1-6-17(12-26-16(5)23)22(25)28-19-11-14(3)9-7-8-13(2)10-18-20(19)15(4)21(24)27-18/h6,9-10,18-20,23H,4-5,7-8,11-12H2,1-3H3. The van der Waals surface area contributed by atoms with Gasteiger partial charge in [0.1, 0.15) is 18.8 Å². The average Bonchev–Trinajstić information content (AvgIpc) is 2.88. The van der Waals surface area contributed by atoms with Gasteiger partial charge in [0.15, 0.2) is 0 Å². The Morgan fingerprint density at radius 1 is 1.39 bits per heavy atom. The second kappa shape index (κ2) is 9.44. The van der Waals surface area contributed by atoms with Crippen molar-refractivity contribution in [2.24, 2.45) is 5.92 Å². The number of fused-ring (bicyclic) bond motifs is 1. The molecule has 1 aliphatic heterocycles.